The van der Waals surface area contributed by atoms with Crippen LogP contribution in [0.2, 0.25) is 0 Å². The number of hydrogen-bond acceptors (Lipinski definition) is 4. The summed E-state index contributed by atoms with van der Waals surface area (Å²) in [5.41, 5.74) is 0.220. The van der Waals surface area contributed by atoms with Crippen molar-refractivity contribution in [3.63, 3.8) is 0 Å². The van der Waals surface area contributed by atoms with Crippen molar-refractivity contribution < 1.29 is 14.0 Å². The Kier molecular flexibility index (Phi) is 6.21. The molecule has 1 aliphatic heterocycles. The molecular weight excluding hydrogens is 335 g/mol. The molecule has 7 heteroatoms. The van der Waals surface area contributed by atoms with Crippen molar-refractivity contribution in [2.24, 2.45) is 0 Å². The van der Waals surface area contributed by atoms with Crippen molar-refractivity contribution in [3.05, 3.63) is 30.1 Å². The molecule has 1 aromatic carbocycles. The maximum Gasteiger partial charge on any atom is 0.237 e. The summed E-state index contributed by atoms with van der Waals surface area (Å²) in [6.07, 6.45) is 2.52. The Labute approximate surface area is 153 Å². The Balaban J connectivity index is 1.36. The second-order valence-electron chi connectivity index (χ2n) is 7.11. The molecule has 2 amide bonds. The summed E-state index contributed by atoms with van der Waals surface area (Å²) in [7, 11) is 0. The molecule has 0 spiro atoms. The fourth-order valence-corrected chi connectivity index (χ4v) is 3.12. The van der Waals surface area contributed by atoms with Gasteiger partial charge in [0, 0.05) is 45.2 Å². The van der Waals surface area contributed by atoms with Gasteiger partial charge in [-0.1, -0.05) is 12.1 Å². The van der Waals surface area contributed by atoms with E-state index in [0.29, 0.717) is 19.0 Å². The van der Waals surface area contributed by atoms with E-state index in [1.807, 2.05) is 6.92 Å². The van der Waals surface area contributed by atoms with Crippen LogP contribution in [0.1, 0.15) is 26.2 Å². The van der Waals surface area contributed by atoms with Gasteiger partial charge >= 0.3 is 0 Å². The predicted octanol–water partition coefficient (Wildman–Crippen LogP) is 1.44. The van der Waals surface area contributed by atoms with Crippen LogP contribution in [-0.4, -0.2) is 66.4 Å². The van der Waals surface area contributed by atoms with Crippen molar-refractivity contribution in [2.75, 3.05) is 38.0 Å². The number of anilines is 1. The van der Waals surface area contributed by atoms with Crippen molar-refractivity contribution in [2.45, 2.75) is 38.3 Å². The van der Waals surface area contributed by atoms with Crippen LogP contribution >= 0.6 is 0 Å². The summed E-state index contributed by atoms with van der Waals surface area (Å²) in [6.45, 7) is 5.87. The predicted molar refractivity (Wildman–Crippen MR) is 98.3 cm³/mol. The molecule has 2 aliphatic rings. The maximum atomic E-state index is 13.5. The van der Waals surface area contributed by atoms with Gasteiger partial charge in [-0.15, -0.1) is 0 Å². The Hall–Kier alpha value is -1.99. The van der Waals surface area contributed by atoms with Crippen LogP contribution < -0.4 is 10.6 Å². The van der Waals surface area contributed by atoms with Crippen LogP contribution in [0.15, 0.2) is 24.3 Å². The van der Waals surface area contributed by atoms with E-state index >= 15 is 0 Å². The quantitative estimate of drug-likeness (QED) is 0.770. The molecule has 2 N–H and O–H groups in total. The first-order chi connectivity index (χ1) is 12.5. The van der Waals surface area contributed by atoms with E-state index in [0.717, 1.165) is 39.0 Å². The van der Waals surface area contributed by atoms with Gasteiger partial charge in [-0.25, -0.2) is 4.39 Å². The zero-order chi connectivity index (χ0) is 18.5. The number of nitrogens with one attached hydrogen (secondary N) is 2. The molecule has 0 aromatic heterocycles. The molecule has 6 nitrogen and oxygen atoms in total. The van der Waals surface area contributed by atoms with Crippen molar-refractivity contribution in [3.8, 4) is 0 Å². The van der Waals surface area contributed by atoms with Crippen molar-refractivity contribution in [1.82, 2.24) is 15.1 Å². The summed E-state index contributed by atoms with van der Waals surface area (Å²) in [5.74, 6) is -0.493. The topological polar surface area (TPSA) is 64.7 Å². The van der Waals surface area contributed by atoms with Crippen molar-refractivity contribution in [1.29, 1.82) is 0 Å². The van der Waals surface area contributed by atoms with E-state index in [2.05, 4.69) is 20.4 Å². The molecule has 2 fully saturated rings. The Morgan fingerprint density at radius 3 is 2.54 bits per heavy atom. The molecule has 1 saturated carbocycles. The number of nitrogens with zero attached hydrogens (tertiary/aromatic N) is 2. The highest BCUT2D eigenvalue weighted by Crippen LogP contribution is 2.19. The molecule has 1 aromatic rings. The smallest absolute Gasteiger partial charge is 0.237 e. The number of rotatable bonds is 7. The van der Waals surface area contributed by atoms with Gasteiger partial charge < -0.3 is 15.5 Å². The largest absolute Gasteiger partial charge is 0.352 e. The Morgan fingerprint density at radius 1 is 1.19 bits per heavy atom. The van der Waals surface area contributed by atoms with Gasteiger partial charge in [0.2, 0.25) is 11.8 Å². The molecule has 142 valence electrons. The number of carbonyl (C=O) groups excluding carboxylic acids is 2. The lowest BCUT2D eigenvalue weighted by Gasteiger charge is -2.37. The van der Waals surface area contributed by atoms with Gasteiger partial charge in [-0.05, 0) is 31.9 Å². The third-order valence-electron chi connectivity index (χ3n) is 5.06. The fourth-order valence-electron chi connectivity index (χ4n) is 3.12. The summed E-state index contributed by atoms with van der Waals surface area (Å²) in [4.78, 5) is 28.5. The van der Waals surface area contributed by atoms with Gasteiger partial charge in [0.05, 0.1) is 11.7 Å². The minimum absolute atomic E-state index is 0.109. The first-order valence-electron chi connectivity index (χ1n) is 9.34. The first-order valence-corrected chi connectivity index (χ1v) is 9.34. The van der Waals surface area contributed by atoms with Gasteiger partial charge in [0.15, 0.2) is 0 Å². The fraction of sp³-hybridized carbons (Fsp3) is 0.579. The average Bonchev–Trinajstić information content (AvgIpc) is 3.46. The number of hydrogen-bond donors (Lipinski definition) is 2. The molecule has 26 heavy (non-hydrogen) atoms. The number of benzene rings is 1. The van der Waals surface area contributed by atoms with E-state index in [1.165, 1.54) is 6.07 Å². The molecular formula is C19H27FN4O2. The number of carbonyl (C=O) groups is 2. The number of para-hydroxylation sites is 1. The van der Waals surface area contributed by atoms with E-state index in [1.54, 1.807) is 18.2 Å². The highest BCUT2D eigenvalue weighted by molar-refractivity contribution is 5.90. The van der Waals surface area contributed by atoms with Crippen molar-refractivity contribution >= 4 is 17.5 Å². The van der Waals surface area contributed by atoms with Gasteiger partial charge in [-0.2, -0.15) is 0 Å². The van der Waals surface area contributed by atoms with Crippen LogP contribution in [0, 0.1) is 5.82 Å². The Morgan fingerprint density at radius 2 is 1.88 bits per heavy atom. The highest BCUT2D eigenvalue weighted by atomic mass is 19.1. The van der Waals surface area contributed by atoms with Crippen LogP contribution in [0.3, 0.4) is 0 Å². The summed E-state index contributed by atoms with van der Waals surface area (Å²) in [6, 6.07) is 6.45. The average molecular weight is 362 g/mol. The van der Waals surface area contributed by atoms with Gasteiger partial charge in [0.25, 0.3) is 0 Å². The monoisotopic (exact) mass is 362 g/mol. The highest BCUT2D eigenvalue weighted by Gasteiger charge is 2.29. The second kappa shape index (κ2) is 8.60. The summed E-state index contributed by atoms with van der Waals surface area (Å²) >= 11 is 0. The first kappa shape index (κ1) is 18.8. The van der Waals surface area contributed by atoms with Crippen LogP contribution in [0.4, 0.5) is 10.1 Å². The van der Waals surface area contributed by atoms with E-state index in [-0.39, 0.29) is 23.5 Å². The molecule has 1 atom stereocenters. The van der Waals surface area contributed by atoms with E-state index < -0.39 is 5.82 Å². The molecule has 1 unspecified atom stereocenters. The van der Waals surface area contributed by atoms with Crippen LogP contribution in [-0.2, 0) is 9.59 Å². The number of piperazine rings is 1. The lowest BCUT2D eigenvalue weighted by atomic mass is 10.2. The number of amides is 2. The number of halogens is 1. The second-order valence-corrected chi connectivity index (χ2v) is 7.11. The third-order valence-corrected chi connectivity index (χ3v) is 5.06. The molecule has 0 radical (unpaired) electrons. The summed E-state index contributed by atoms with van der Waals surface area (Å²) < 4.78 is 13.5. The molecule has 1 heterocycles. The molecule has 1 saturated heterocycles. The van der Waals surface area contributed by atoms with E-state index in [4.69, 9.17) is 0 Å². The van der Waals surface area contributed by atoms with Gasteiger partial charge in [-0.3, -0.25) is 14.5 Å². The lowest BCUT2D eigenvalue weighted by molar-refractivity contribution is -0.126. The standard InChI is InChI=1S/C19H27FN4O2/c1-14(19(26)21-15-6-7-15)24-12-10-23(11-13-24)9-8-18(25)22-17-5-3-2-4-16(17)20/h2-5,14-15H,6-13H2,1H3,(H,21,26)(H,22,25). The molecule has 1 aliphatic carbocycles. The normalized spacial score (nSPS) is 19.8. The van der Waals surface area contributed by atoms with Crippen LogP contribution in [0.25, 0.3) is 0 Å². The zero-order valence-electron chi connectivity index (χ0n) is 15.2. The Bertz CT molecular complexity index is 642. The maximum absolute atomic E-state index is 13.5. The van der Waals surface area contributed by atoms with Crippen LogP contribution in [0.5, 0.6) is 0 Å². The minimum Gasteiger partial charge on any atom is -0.352 e. The molecule has 3 rings (SSSR count). The lowest BCUT2D eigenvalue weighted by Crippen LogP contribution is -2.54. The van der Waals surface area contributed by atoms with Gasteiger partial charge in [0.1, 0.15) is 5.82 Å². The minimum atomic E-state index is -0.423. The third kappa shape index (κ3) is 5.25. The molecule has 0 bridgehead atoms. The van der Waals surface area contributed by atoms with E-state index in [9.17, 15) is 14.0 Å². The summed E-state index contributed by atoms with van der Waals surface area (Å²) in [5, 5.41) is 5.66. The zero-order valence-corrected chi connectivity index (χ0v) is 15.2. The SMILES string of the molecule is CC(C(=O)NC1CC1)N1CCN(CCC(=O)Nc2ccccc2F)CC1.